The molecule has 0 radical (unpaired) electrons. The third-order valence-corrected chi connectivity index (χ3v) is 7.17. The summed E-state index contributed by atoms with van der Waals surface area (Å²) >= 11 is 0. The lowest BCUT2D eigenvalue weighted by Crippen LogP contribution is -2.64. The number of rotatable bonds is 8. The fraction of sp³-hybridized carbons (Fsp3) is 0.826. The molecule has 196 valence electrons. The van der Waals surface area contributed by atoms with E-state index >= 15 is 0 Å². The van der Waals surface area contributed by atoms with Gasteiger partial charge < -0.3 is 16.0 Å². The summed E-state index contributed by atoms with van der Waals surface area (Å²) in [5.41, 5.74) is 5.18. The van der Waals surface area contributed by atoms with Gasteiger partial charge in [0.05, 0.1) is 12.1 Å². The van der Waals surface area contributed by atoms with Gasteiger partial charge in [-0.3, -0.25) is 25.2 Å². The number of fused-ring (bicyclic) bond motifs is 1. The summed E-state index contributed by atoms with van der Waals surface area (Å²) in [7, 11) is 0. The van der Waals surface area contributed by atoms with E-state index in [0.717, 1.165) is 38.6 Å². The molecule has 1 aliphatic heterocycles. The van der Waals surface area contributed by atoms with E-state index in [2.05, 4.69) is 27.6 Å². The van der Waals surface area contributed by atoms with Gasteiger partial charge in [0.15, 0.2) is 0 Å². The zero-order valence-electron chi connectivity index (χ0n) is 20.3. The first-order valence-electron chi connectivity index (χ1n) is 12.2. The monoisotopic (exact) mass is 500 g/mol. The number of hydrogen-bond acceptors (Lipinski definition) is 6. The van der Waals surface area contributed by atoms with E-state index in [1.165, 1.54) is 20.8 Å². The molecule has 35 heavy (non-hydrogen) atoms. The van der Waals surface area contributed by atoms with Crippen LogP contribution in [0.25, 0.3) is 0 Å². The van der Waals surface area contributed by atoms with Crippen LogP contribution in [0.4, 0.5) is 13.2 Å². The molecule has 0 bridgehead atoms. The van der Waals surface area contributed by atoms with Crippen LogP contribution in [0, 0.1) is 34.5 Å². The Morgan fingerprint density at radius 2 is 1.71 bits per heavy atom. The standard InChI is InChI=1S/C23H35F3N6O3/c1-22(2,3)18(31-21(35)23(24,25)26)20(34)29-15(9-12-7-8-12)19(33)30-16(10-27)17-14-6-4-5-13(14)11-28-32-17/h12-18,28,32H,4-9,11H2,1-3H3,(H,29,34)(H,30,33)(H,31,35). The largest absolute Gasteiger partial charge is 0.471 e. The molecule has 3 fully saturated rings. The summed E-state index contributed by atoms with van der Waals surface area (Å²) in [5.74, 6) is -2.80. The van der Waals surface area contributed by atoms with Crippen molar-refractivity contribution in [1.82, 2.24) is 26.8 Å². The molecule has 2 saturated carbocycles. The molecule has 3 amide bonds. The highest BCUT2D eigenvalue weighted by Crippen LogP contribution is 2.37. The van der Waals surface area contributed by atoms with Gasteiger partial charge in [0.25, 0.3) is 0 Å². The second-order valence-electron chi connectivity index (χ2n) is 11.0. The summed E-state index contributed by atoms with van der Waals surface area (Å²) in [6.07, 6.45) is -0.0125. The van der Waals surface area contributed by atoms with Crippen LogP contribution in [0.2, 0.25) is 0 Å². The molecule has 2 aliphatic carbocycles. The number of alkyl halides is 3. The van der Waals surface area contributed by atoms with Gasteiger partial charge in [-0.2, -0.15) is 18.4 Å². The molecule has 0 aromatic carbocycles. The topological polar surface area (TPSA) is 135 Å². The smallest absolute Gasteiger partial charge is 0.342 e. The minimum Gasteiger partial charge on any atom is -0.342 e. The zero-order valence-corrected chi connectivity index (χ0v) is 20.3. The van der Waals surface area contributed by atoms with Crippen molar-refractivity contribution in [3.8, 4) is 6.07 Å². The average Bonchev–Trinajstić information content (AvgIpc) is 3.45. The summed E-state index contributed by atoms with van der Waals surface area (Å²) < 4.78 is 38.5. The van der Waals surface area contributed by atoms with Gasteiger partial charge in [0, 0.05) is 6.54 Å². The van der Waals surface area contributed by atoms with Crippen LogP contribution < -0.4 is 26.8 Å². The Balaban J connectivity index is 1.71. The van der Waals surface area contributed by atoms with E-state index in [9.17, 15) is 32.8 Å². The maximum absolute atomic E-state index is 13.2. The van der Waals surface area contributed by atoms with Crippen molar-refractivity contribution in [3.63, 3.8) is 0 Å². The first kappa shape index (κ1) is 27.2. The van der Waals surface area contributed by atoms with Gasteiger partial charge in [0.2, 0.25) is 11.8 Å². The van der Waals surface area contributed by atoms with E-state index in [0.29, 0.717) is 12.3 Å². The number of hydrogen-bond donors (Lipinski definition) is 5. The molecule has 0 spiro atoms. The molecular weight excluding hydrogens is 465 g/mol. The summed E-state index contributed by atoms with van der Waals surface area (Å²) in [5, 5.41) is 16.9. The van der Waals surface area contributed by atoms with Gasteiger partial charge in [0.1, 0.15) is 18.1 Å². The van der Waals surface area contributed by atoms with Gasteiger partial charge in [-0.25, -0.2) is 0 Å². The molecule has 9 nitrogen and oxygen atoms in total. The minimum atomic E-state index is -5.15. The fourth-order valence-electron chi connectivity index (χ4n) is 5.06. The maximum atomic E-state index is 13.2. The molecule has 3 rings (SSSR count). The van der Waals surface area contributed by atoms with Crippen molar-refractivity contribution in [1.29, 1.82) is 5.26 Å². The highest BCUT2D eigenvalue weighted by Gasteiger charge is 2.45. The summed E-state index contributed by atoms with van der Waals surface area (Å²) in [6.45, 7) is 5.37. The van der Waals surface area contributed by atoms with Gasteiger partial charge in [-0.05, 0) is 42.4 Å². The first-order valence-corrected chi connectivity index (χ1v) is 12.2. The third-order valence-electron chi connectivity index (χ3n) is 7.17. The predicted molar refractivity (Wildman–Crippen MR) is 120 cm³/mol. The van der Waals surface area contributed by atoms with Crippen LogP contribution in [0.15, 0.2) is 0 Å². The van der Waals surface area contributed by atoms with Crippen LogP contribution in [0.1, 0.15) is 59.3 Å². The van der Waals surface area contributed by atoms with Crippen LogP contribution in [-0.2, 0) is 14.4 Å². The predicted octanol–water partition coefficient (Wildman–Crippen LogP) is 1.27. The molecule has 5 N–H and O–H groups in total. The number of amides is 3. The Kier molecular flexibility index (Phi) is 8.32. The van der Waals surface area contributed by atoms with E-state index in [1.807, 2.05) is 0 Å². The van der Waals surface area contributed by atoms with Crippen molar-refractivity contribution in [2.75, 3.05) is 6.54 Å². The van der Waals surface area contributed by atoms with Crippen LogP contribution >= 0.6 is 0 Å². The Labute approximate surface area is 203 Å². The number of nitriles is 1. The molecular formula is C23H35F3N6O3. The van der Waals surface area contributed by atoms with Crippen molar-refractivity contribution in [3.05, 3.63) is 0 Å². The Bertz CT molecular complexity index is 849. The lowest BCUT2D eigenvalue weighted by Gasteiger charge is -2.38. The third kappa shape index (κ3) is 7.07. The molecule has 0 aromatic heterocycles. The average molecular weight is 501 g/mol. The lowest BCUT2D eigenvalue weighted by atomic mass is 9.84. The summed E-state index contributed by atoms with van der Waals surface area (Å²) in [6, 6.07) is -1.53. The van der Waals surface area contributed by atoms with Crippen LogP contribution in [0.5, 0.6) is 0 Å². The van der Waals surface area contributed by atoms with Crippen molar-refractivity contribution >= 4 is 17.7 Å². The minimum absolute atomic E-state index is 0.207. The molecule has 0 aromatic rings. The second-order valence-corrected chi connectivity index (χ2v) is 11.0. The fourth-order valence-corrected chi connectivity index (χ4v) is 5.06. The van der Waals surface area contributed by atoms with E-state index in [-0.39, 0.29) is 17.9 Å². The molecule has 1 saturated heterocycles. The number of hydrazine groups is 1. The maximum Gasteiger partial charge on any atom is 0.471 e. The van der Waals surface area contributed by atoms with E-state index < -0.39 is 47.4 Å². The van der Waals surface area contributed by atoms with Crippen LogP contribution in [-0.4, -0.2) is 54.6 Å². The lowest BCUT2D eigenvalue weighted by molar-refractivity contribution is -0.175. The number of nitrogens with one attached hydrogen (secondary N) is 5. The first-order chi connectivity index (χ1) is 16.3. The van der Waals surface area contributed by atoms with Crippen molar-refractivity contribution < 1.29 is 27.6 Å². The van der Waals surface area contributed by atoms with Gasteiger partial charge >= 0.3 is 12.1 Å². The molecule has 3 aliphatic rings. The van der Waals surface area contributed by atoms with E-state index in [4.69, 9.17) is 0 Å². The second kappa shape index (κ2) is 10.7. The van der Waals surface area contributed by atoms with Crippen LogP contribution in [0.3, 0.4) is 0 Å². The quantitative estimate of drug-likeness (QED) is 0.341. The Hall–Kier alpha value is -2.39. The van der Waals surface area contributed by atoms with E-state index in [1.54, 1.807) is 5.32 Å². The van der Waals surface area contributed by atoms with Crippen molar-refractivity contribution in [2.45, 2.75) is 89.6 Å². The normalized spacial score (nSPS) is 27.1. The number of carbonyl (C=O) groups is 3. The summed E-state index contributed by atoms with van der Waals surface area (Å²) in [4.78, 5) is 37.8. The highest BCUT2D eigenvalue weighted by atomic mass is 19.4. The molecule has 12 heteroatoms. The zero-order chi connectivity index (χ0) is 26.0. The molecule has 6 atom stereocenters. The number of nitrogens with zero attached hydrogens (tertiary/aromatic N) is 1. The Morgan fingerprint density at radius 3 is 2.29 bits per heavy atom. The van der Waals surface area contributed by atoms with Gasteiger partial charge in [-0.15, -0.1) is 0 Å². The van der Waals surface area contributed by atoms with Gasteiger partial charge in [-0.1, -0.05) is 40.0 Å². The highest BCUT2D eigenvalue weighted by molar-refractivity contribution is 5.93. The van der Waals surface area contributed by atoms with Crippen molar-refractivity contribution in [2.24, 2.45) is 23.2 Å². The molecule has 1 heterocycles. The molecule has 6 unspecified atom stereocenters. The number of halogens is 3. The number of carbonyl (C=O) groups excluding carboxylic acids is 3. The Morgan fingerprint density at radius 1 is 1.03 bits per heavy atom. The SMILES string of the molecule is CC(C)(C)C(NC(=O)C(F)(F)F)C(=O)NC(CC1CC1)C(=O)NC(C#N)C1NNCC2CCCC21.